The Bertz CT molecular complexity index is 609. The maximum absolute atomic E-state index is 12.4. The maximum Gasteiger partial charge on any atom is 0.329 e. The van der Waals surface area contributed by atoms with Crippen molar-refractivity contribution in [3.63, 3.8) is 0 Å². The molecule has 2 aliphatic heterocycles. The van der Waals surface area contributed by atoms with E-state index >= 15 is 0 Å². The molecule has 104 valence electrons. The highest BCUT2D eigenvalue weighted by Crippen LogP contribution is 2.38. The molecule has 0 aliphatic carbocycles. The lowest BCUT2D eigenvalue weighted by Gasteiger charge is -2.25. The second kappa shape index (κ2) is 4.76. The summed E-state index contributed by atoms with van der Waals surface area (Å²) >= 11 is 0. The van der Waals surface area contributed by atoms with Crippen molar-refractivity contribution >= 4 is 23.6 Å². The number of nitrogens with two attached hydrogens (primary N) is 1. The van der Waals surface area contributed by atoms with Crippen LogP contribution in [0.1, 0.15) is 18.1 Å². The largest absolute Gasteiger partial charge is 0.464 e. The van der Waals surface area contributed by atoms with Gasteiger partial charge in [0.05, 0.1) is 12.3 Å². The third-order valence-electron chi connectivity index (χ3n) is 3.68. The Labute approximate surface area is 117 Å². The number of nitrogens with zero attached hydrogens (tertiary/aromatic N) is 1. The zero-order chi connectivity index (χ0) is 14.3. The van der Waals surface area contributed by atoms with Gasteiger partial charge in [0, 0.05) is 6.42 Å². The molecule has 2 N–H and O–H groups in total. The summed E-state index contributed by atoms with van der Waals surface area (Å²) < 4.78 is 5.08. The summed E-state index contributed by atoms with van der Waals surface area (Å²) in [4.78, 5) is 26.0. The van der Waals surface area contributed by atoms with Crippen LogP contribution in [0, 0.1) is 0 Å². The molecular formula is C15H16N2O3. The summed E-state index contributed by atoms with van der Waals surface area (Å²) in [5.41, 5.74) is 8.54. The summed E-state index contributed by atoms with van der Waals surface area (Å²) in [6.07, 6.45) is 3.99. The summed E-state index contributed by atoms with van der Waals surface area (Å²) in [7, 11) is 0. The quantitative estimate of drug-likeness (QED) is 0.810. The van der Waals surface area contributed by atoms with Crippen molar-refractivity contribution in [1.82, 2.24) is 0 Å². The minimum absolute atomic E-state index is 0.261. The van der Waals surface area contributed by atoms with Crippen LogP contribution in [-0.4, -0.2) is 30.6 Å². The Kier molecular flexibility index (Phi) is 3.06. The van der Waals surface area contributed by atoms with E-state index in [1.165, 1.54) is 4.90 Å². The number of ether oxygens (including phenoxy) is 1. The fourth-order valence-corrected chi connectivity index (χ4v) is 2.80. The van der Waals surface area contributed by atoms with E-state index in [4.69, 9.17) is 10.5 Å². The first kappa shape index (κ1) is 12.9. The molecule has 0 bridgehead atoms. The summed E-state index contributed by atoms with van der Waals surface area (Å²) in [6, 6.07) is 4.44. The van der Waals surface area contributed by atoms with Crippen LogP contribution in [0.15, 0.2) is 24.3 Å². The SMILES string of the molecule is CCOC(=O)C1Cc2cccc3c2N1C(=O)C(N)C=C3. The maximum atomic E-state index is 12.4. The zero-order valence-electron chi connectivity index (χ0n) is 11.2. The third kappa shape index (κ3) is 1.82. The van der Waals surface area contributed by atoms with Gasteiger partial charge in [-0.05, 0) is 18.1 Å². The minimum atomic E-state index is -0.731. The van der Waals surface area contributed by atoms with Crippen molar-refractivity contribution in [1.29, 1.82) is 0 Å². The molecule has 0 spiro atoms. The highest BCUT2D eigenvalue weighted by atomic mass is 16.5. The van der Waals surface area contributed by atoms with Crippen LogP contribution in [0.4, 0.5) is 5.69 Å². The molecule has 1 aromatic rings. The number of carbonyl (C=O) groups is 2. The molecule has 0 aromatic heterocycles. The van der Waals surface area contributed by atoms with Crippen molar-refractivity contribution < 1.29 is 14.3 Å². The first-order chi connectivity index (χ1) is 9.63. The van der Waals surface area contributed by atoms with Gasteiger partial charge in [-0.3, -0.25) is 9.69 Å². The molecule has 0 radical (unpaired) electrons. The Morgan fingerprint density at radius 1 is 1.50 bits per heavy atom. The Morgan fingerprint density at radius 3 is 3.05 bits per heavy atom. The van der Waals surface area contributed by atoms with Crippen molar-refractivity contribution in [3.8, 4) is 0 Å². The van der Waals surface area contributed by atoms with E-state index in [1.807, 2.05) is 24.3 Å². The van der Waals surface area contributed by atoms with Crippen molar-refractivity contribution in [2.24, 2.45) is 5.73 Å². The molecule has 3 rings (SSSR count). The number of benzene rings is 1. The predicted molar refractivity (Wildman–Crippen MR) is 75.1 cm³/mol. The molecule has 0 saturated heterocycles. The second-order valence-corrected chi connectivity index (χ2v) is 4.92. The van der Waals surface area contributed by atoms with Gasteiger partial charge in [-0.2, -0.15) is 0 Å². The van der Waals surface area contributed by atoms with Crippen LogP contribution in [0.3, 0.4) is 0 Å². The number of hydrogen-bond donors (Lipinski definition) is 1. The van der Waals surface area contributed by atoms with Crippen molar-refractivity contribution in [2.45, 2.75) is 25.4 Å². The fourth-order valence-electron chi connectivity index (χ4n) is 2.80. The topological polar surface area (TPSA) is 72.6 Å². The minimum Gasteiger partial charge on any atom is -0.464 e. The van der Waals surface area contributed by atoms with Crippen LogP contribution < -0.4 is 10.6 Å². The highest BCUT2D eigenvalue weighted by Gasteiger charge is 2.42. The van der Waals surface area contributed by atoms with Gasteiger partial charge in [0.25, 0.3) is 0 Å². The molecule has 2 aliphatic rings. The molecule has 5 nitrogen and oxygen atoms in total. The monoisotopic (exact) mass is 272 g/mol. The van der Waals surface area contributed by atoms with Gasteiger partial charge in [-0.15, -0.1) is 0 Å². The smallest absolute Gasteiger partial charge is 0.329 e. The van der Waals surface area contributed by atoms with Gasteiger partial charge in [-0.25, -0.2) is 4.79 Å². The number of amides is 1. The number of hydrogen-bond acceptors (Lipinski definition) is 4. The van der Waals surface area contributed by atoms with E-state index in [9.17, 15) is 9.59 Å². The second-order valence-electron chi connectivity index (χ2n) is 4.92. The molecule has 0 fully saturated rings. The normalized spacial score (nSPS) is 23.5. The van der Waals surface area contributed by atoms with Crippen LogP contribution in [0.2, 0.25) is 0 Å². The lowest BCUT2D eigenvalue weighted by atomic mass is 10.1. The molecule has 0 saturated carbocycles. The van der Waals surface area contributed by atoms with E-state index in [0.29, 0.717) is 13.0 Å². The summed E-state index contributed by atoms with van der Waals surface area (Å²) in [6.45, 7) is 2.05. The molecular weight excluding hydrogens is 256 g/mol. The number of para-hydroxylation sites is 1. The van der Waals surface area contributed by atoms with Gasteiger partial charge in [-0.1, -0.05) is 30.4 Å². The van der Waals surface area contributed by atoms with Gasteiger partial charge < -0.3 is 10.5 Å². The number of esters is 1. The molecule has 5 heteroatoms. The first-order valence-corrected chi connectivity index (χ1v) is 6.69. The number of anilines is 1. The van der Waals surface area contributed by atoms with E-state index in [-0.39, 0.29) is 11.9 Å². The Morgan fingerprint density at radius 2 is 2.30 bits per heavy atom. The van der Waals surface area contributed by atoms with Gasteiger partial charge >= 0.3 is 5.97 Å². The predicted octanol–water partition coefficient (Wildman–Crippen LogP) is 0.862. The van der Waals surface area contributed by atoms with Gasteiger partial charge in [0.1, 0.15) is 12.1 Å². The van der Waals surface area contributed by atoms with Crippen LogP contribution >= 0.6 is 0 Å². The lowest BCUT2D eigenvalue weighted by Crippen LogP contribution is -2.49. The molecule has 1 aromatic carbocycles. The van der Waals surface area contributed by atoms with Crippen molar-refractivity contribution in [2.75, 3.05) is 11.5 Å². The molecule has 2 atom stereocenters. The average molecular weight is 272 g/mol. The van der Waals surface area contributed by atoms with Crippen LogP contribution in [-0.2, 0) is 20.7 Å². The summed E-state index contributed by atoms with van der Waals surface area (Å²) in [5, 5.41) is 0. The zero-order valence-corrected chi connectivity index (χ0v) is 11.2. The van der Waals surface area contributed by atoms with Crippen LogP contribution in [0.5, 0.6) is 0 Å². The Hall–Kier alpha value is -2.14. The summed E-state index contributed by atoms with van der Waals surface area (Å²) in [5.74, 6) is -0.639. The average Bonchev–Trinajstić information content (AvgIpc) is 2.78. The van der Waals surface area contributed by atoms with Gasteiger partial charge in [0.15, 0.2) is 0 Å². The van der Waals surface area contributed by atoms with E-state index in [1.54, 1.807) is 13.0 Å². The van der Waals surface area contributed by atoms with Crippen LogP contribution in [0.25, 0.3) is 6.08 Å². The highest BCUT2D eigenvalue weighted by molar-refractivity contribution is 6.08. The van der Waals surface area contributed by atoms with Crippen molar-refractivity contribution in [3.05, 3.63) is 35.4 Å². The molecule has 1 amide bonds. The van der Waals surface area contributed by atoms with E-state index in [2.05, 4.69) is 0 Å². The standard InChI is InChI=1S/C15H16N2O3/c1-2-20-15(19)12-8-10-5-3-4-9-6-7-11(16)14(18)17(12)13(9)10/h3-7,11-12H,2,8,16H2,1H3. The first-order valence-electron chi connectivity index (χ1n) is 6.69. The van der Waals surface area contributed by atoms with Gasteiger partial charge in [0.2, 0.25) is 5.91 Å². The number of rotatable bonds is 2. The third-order valence-corrected chi connectivity index (χ3v) is 3.68. The van der Waals surface area contributed by atoms with E-state index < -0.39 is 12.1 Å². The van der Waals surface area contributed by atoms with E-state index in [0.717, 1.165) is 16.8 Å². The lowest BCUT2D eigenvalue weighted by molar-refractivity contribution is -0.145. The number of carbonyl (C=O) groups excluding carboxylic acids is 2. The molecule has 2 heterocycles. The molecule has 20 heavy (non-hydrogen) atoms. The molecule has 2 unspecified atom stereocenters. The fraction of sp³-hybridized carbons (Fsp3) is 0.333. The Balaban J connectivity index is 2.09.